The first-order chi connectivity index (χ1) is 13.1. The van der Waals surface area contributed by atoms with E-state index < -0.39 is 10.0 Å². The number of hydrogen-bond acceptors (Lipinski definition) is 7. The molecule has 1 heterocycles. The van der Waals surface area contributed by atoms with Gasteiger partial charge in [-0.05, 0) is 36.4 Å². The van der Waals surface area contributed by atoms with Crippen LogP contribution in [0.1, 0.15) is 11.5 Å². The van der Waals surface area contributed by atoms with Gasteiger partial charge in [-0.1, -0.05) is 40.7 Å². The summed E-state index contributed by atoms with van der Waals surface area (Å²) in [5.41, 5.74) is 0. The topological polar surface area (TPSA) is 90.5 Å². The van der Waals surface area contributed by atoms with Gasteiger partial charge in [0.05, 0.1) is 17.3 Å². The van der Waals surface area contributed by atoms with Crippen LogP contribution in [0.15, 0.2) is 90.9 Å². The molecule has 0 amide bonds. The third-order valence-electron chi connectivity index (χ3n) is 3.13. The van der Waals surface area contributed by atoms with E-state index in [4.69, 9.17) is 13.6 Å². The van der Waals surface area contributed by atoms with Gasteiger partial charge in [-0.3, -0.25) is 0 Å². The van der Waals surface area contributed by atoms with Crippen molar-refractivity contribution < 1.29 is 22.1 Å². The van der Waals surface area contributed by atoms with Gasteiger partial charge in [0.15, 0.2) is 18.0 Å². The van der Waals surface area contributed by atoms with Crippen molar-refractivity contribution in [2.45, 2.75) is 4.90 Å². The Bertz CT molecular complexity index is 1020. The summed E-state index contributed by atoms with van der Waals surface area (Å²) in [5, 5.41) is 0. The van der Waals surface area contributed by atoms with Gasteiger partial charge >= 0.3 is 0 Å². The van der Waals surface area contributed by atoms with Crippen molar-refractivity contribution in [2.24, 2.45) is 8.80 Å². The summed E-state index contributed by atoms with van der Waals surface area (Å²) in [5.74, 6) is 1.24. The summed E-state index contributed by atoms with van der Waals surface area (Å²) < 4.78 is 41.9. The van der Waals surface area contributed by atoms with Crippen molar-refractivity contribution in [3.63, 3.8) is 0 Å². The van der Waals surface area contributed by atoms with Gasteiger partial charge in [0.2, 0.25) is 0 Å². The summed E-state index contributed by atoms with van der Waals surface area (Å²) in [4.78, 5) is 5.11. The van der Waals surface area contributed by atoms with Gasteiger partial charge in [-0.25, -0.2) is 0 Å². The third kappa shape index (κ3) is 5.81. The second-order valence-electron chi connectivity index (χ2n) is 5.04. The van der Waals surface area contributed by atoms with Gasteiger partial charge in [-0.15, -0.1) is 0 Å². The predicted molar refractivity (Wildman–Crippen MR) is 103 cm³/mol. The molecule has 0 aliphatic heterocycles. The largest absolute Gasteiger partial charge is 0.454 e. The molecule has 0 bridgehead atoms. The minimum atomic E-state index is -3.76. The van der Waals surface area contributed by atoms with Crippen LogP contribution in [0.5, 0.6) is 5.75 Å². The Balaban J connectivity index is 1.52. The predicted octanol–water partition coefficient (Wildman–Crippen LogP) is 4.08. The molecular weight excluding hydrogens is 388 g/mol. The Morgan fingerprint density at radius 3 is 2.19 bits per heavy atom. The molecule has 7 nitrogen and oxygen atoms in total. The van der Waals surface area contributed by atoms with Crippen LogP contribution in [0.25, 0.3) is 0 Å². The summed E-state index contributed by atoms with van der Waals surface area (Å²) in [6.45, 7) is 0. The number of para-hydroxylation sites is 1. The molecule has 3 rings (SSSR count). The quantitative estimate of drug-likeness (QED) is 0.141. The Kier molecular flexibility index (Phi) is 6.42. The normalized spacial score (nSPS) is 12.0. The Morgan fingerprint density at radius 1 is 0.852 bits per heavy atom. The SMILES string of the molecule is O=S(=O)(/N=C/c1ccc(/C=N/SOOc2ccccc2)o1)c1ccccc1. The van der Waals surface area contributed by atoms with E-state index in [1.165, 1.54) is 18.3 Å². The smallest absolute Gasteiger partial charge is 0.282 e. The lowest BCUT2D eigenvalue weighted by Crippen LogP contribution is -1.96. The maximum atomic E-state index is 12.1. The molecule has 0 aliphatic rings. The molecule has 0 atom stereocenters. The lowest BCUT2D eigenvalue weighted by Gasteiger charge is -1.98. The molecule has 2 aromatic carbocycles. The van der Waals surface area contributed by atoms with Crippen molar-refractivity contribution in [1.29, 1.82) is 0 Å². The fourth-order valence-electron chi connectivity index (χ4n) is 1.90. The van der Waals surface area contributed by atoms with Gasteiger partial charge in [-0.2, -0.15) is 17.2 Å². The van der Waals surface area contributed by atoms with E-state index in [2.05, 4.69) is 8.80 Å². The zero-order chi connectivity index (χ0) is 19.0. The van der Waals surface area contributed by atoms with Crippen molar-refractivity contribution in [2.75, 3.05) is 0 Å². The van der Waals surface area contributed by atoms with Crippen LogP contribution in [0, 0.1) is 0 Å². The monoisotopic (exact) mass is 402 g/mol. The van der Waals surface area contributed by atoms with Crippen molar-refractivity contribution >= 4 is 34.7 Å². The van der Waals surface area contributed by atoms with Crippen LogP contribution in [0.3, 0.4) is 0 Å². The molecule has 138 valence electrons. The van der Waals surface area contributed by atoms with Crippen LogP contribution in [0.2, 0.25) is 0 Å². The van der Waals surface area contributed by atoms with Crippen LogP contribution in [0.4, 0.5) is 0 Å². The molecule has 1 aromatic heterocycles. The highest BCUT2D eigenvalue weighted by Gasteiger charge is 2.10. The van der Waals surface area contributed by atoms with Gasteiger partial charge in [0.25, 0.3) is 10.0 Å². The number of rotatable bonds is 8. The number of sulfonamides is 1. The summed E-state index contributed by atoms with van der Waals surface area (Å²) in [6, 6.07) is 20.1. The average molecular weight is 402 g/mol. The molecule has 0 fully saturated rings. The van der Waals surface area contributed by atoms with Gasteiger partial charge in [0, 0.05) is 0 Å². The Morgan fingerprint density at radius 2 is 1.48 bits per heavy atom. The molecule has 27 heavy (non-hydrogen) atoms. The van der Waals surface area contributed by atoms with E-state index in [-0.39, 0.29) is 10.7 Å². The molecule has 9 heteroatoms. The standard InChI is InChI=1S/C18H14N2O5S2/c21-27(22,18-9-5-2-6-10-18)20-14-17-12-11-16(23-17)13-19-26-25-24-15-7-3-1-4-8-15/h1-14H/b19-13+,20-14+. The fraction of sp³-hybridized carbons (Fsp3) is 0. The van der Waals surface area contributed by atoms with E-state index in [9.17, 15) is 8.42 Å². The maximum Gasteiger partial charge on any atom is 0.282 e. The van der Waals surface area contributed by atoms with Crippen molar-refractivity contribution in [3.8, 4) is 5.75 Å². The number of hydrogen-bond donors (Lipinski definition) is 0. The molecule has 0 saturated carbocycles. The highest BCUT2D eigenvalue weighted by atomic mass is 32.2. The number of benzene rings is 2. The first-order valence-corrected chi connectivity index (χ1v) is 9.81. The van der Waals surface area contributed by atoms with E-state index in [1.807, 2.05) is 18.2 Å². The highest BCUT2D eigenvalue weighted by Crippen LogP contribution is 2.14. The van der Waals surface area contributed by atoms with E-state index >= 15 is 0 Å². The molecule has 0 saturated heterocycles. The summed E-state index contributed by atoms with van der Waals surface area (Å²) in [7, 11) is -3.76. The lowest BCUT2D eigenvalue weighted by molar-refractivity contribution is -0.0776. The Labute approximate surface area is 160 Å². The first-order valence-electron chi connectivity index (χ1n) is 7.67. The minimum Gasteiger partial charge on any atom is -0.454 e. The molecule has 0 radical (unpaired) electrons. The maximum absolute atomic E-state index is 12.1. The first kappa shape index (κ1) is 18.9. The van der Waals surface area contributed by atoms with E-state index in [0.717, 1.165) is 18.4 Å². The van der Waals surface area contributed by atoms with E-state index in [0.29, 0.717) is 11.5 Å². The molecule has 0 spiro atoms. The van der Waals surface area contributed by atoms with Crippen molar-refractivity contribution in [3.05, 3.63) is 84.3 Å². The zero-order valence-corrected chi connectivity index (χ0v) is 15.5. The van der Waals surface area contributed by atoms with Crippen LogP contribution >= 0.6 is 12.2 Å². The van der Waals surface area contributed by atoms with E-state index in [1.54, 1.807) is 42.5 Å². The van der Waals surface area contributed by atoms with Crippen LogP contribution in [-0.2, 0) is 14.4 Å². The van der Waals surface area contributed by atoms with Crippen LogP contribution < -0.4 is 4.89 Å². The molecule has 3 aromatic rings. The second-order valence-corrected chi connectivity index (χ2v) is 7.16. The third-order valence-corrected chi connectivity index (χ3v) is 4.71. The molecule has 0 aliphatic carbocycles. The average Bonchev–Trinajstić information content (AvgIpc) is 3.16. The summed E-state index contributed by atoms with van der Waals surface area (Å²) >= 11 is 0.725. The number of furan rings is 1. The molecule has 0 N–H and O–H groups in total. The van der Waals surface area contributed by atoms with Crippen LogP contribution in [-0.4, -0.2) is 20.8 Å². The lowest BCUT2D eigenvalue weighted by atomic mass is 10.3. The van der Waals surface area contributed by atoms with Gasteiger partial charge < -0.3 is 9.30 Å². The Hall–Kier alpha value is -2.88. The zero-order valence-electron chi connectivity index (χ0n) is 13.8. The van der Waals surface area contributed by atoms with Gasteiger partial charge in [0.1, 0.15) is 11.5 Å². The fourth-order valence-corrected chi connectivity index (χ4v) is 3.06. The number of nitrogens with zero attached hydrogens (tertiary/aromatic N) is 2. The molecule has 0 unspecified atom stereocenters. The van der Waals surface area contributed by atoms with Crippen molar-refractivity contribution in [1.82, 2.24) is 0 Å². The molecular formula is C18H14N2O5S2. The minimum absolute atomic E-state index is 0.113. The second kappa shape index (κ2) is 9.17. The summed E-state index contributed by atoms with van der Waals surface area (Å²) in [6.07, 6.45) is 2.55. The highest BCUT2D eigenvalue weighted by molar-refractivity contribution is 7.93.